The minimum atomic E-state index is -1.05. The van der Waals surface area contributed by atoms with Crippen molar-refractivity contribution in [2.75, 3.05) is 5.73 Å². The zero-order chi connectivity index (χ0) is 12.8. The second-order valence-electron chi connectivity index (χ2n) is 3.63. The predicted molar refractivity (Wildman–Crippen MR) is 62.4 cm³/mol. The van der Waals surface area contributed by atoms with Gasteiger partial charge < -0.3 is 16.2 Å². The molecule has 4 N–H and O–H groups in total. The fourth-order valence-corrected chi connectivity index (χ4v) is 1.32. The normalized spacial score (nSPS) is 11.8. The Balaban J connectivity index is 2.70. The van der Waals surface area contributed by atoms with Gasteiger partial charge in [0.15, 0.2) is 0 Å². The number of carbonyl (C=O) groups excluding carboxylic acids is 1. The molecule has 0 saturated heterocycles. The molecule has 1 aromatic rings. The monoisotopic (exact) mass is 237 g/mol. The van der Waals surface area contributed by atoms with Crippen molar-refractivity contribution < 1.29 is 14.7 Å². The highest BCUT2D eigenvalue weighted by Gasteiger charge is 2.19. The Morgan fingerprint density at radius 2 is 2.24 bits per heavy atom. The van der Waals surface area contributed by atoms with Crippen LogP contribution in [0.15, 0.2) is 18.3 Å². The molecule has 17 heavy (non-hydrogen) atoms. The first-order chi connectivity index (χ1) is 8.04. The Kier molecular flexibility index (Phi) is 4.45. The van der Waals surface area contributed by atoms with Crippen LogP contribution in [0.2, 0.25) is 0 Å². The molecule has 92 valence electrons. The molecule has 0 aliphatic rings. The third-order valence-electron chi connectivity index (χ3n) is 2.20. The van der Waals surface area contributed by atoms with E-state index in [1.54, 1.807) is 0 Å². The van der Waals surface area contributed by atoms with Crippen molar-refractivity contribution in [3.63, 3.8) is 0 Å². The number of anilines is 1. The van der Waals surface area contributed by atoms with Crippen LogP contribution in [0.25, 0.3) is 0 Å². The lowest BCUT2D eigenvalue weighted by atomic mass is 10.1. The van der Waals surface area contributed by atoms with Crippen molar-refractivity contribution in [3.05, 3.63) is 24.0 Å². The summed E-state index contributed by atoms with van der Waals surface area (Å²) in [5, 5.41) is 11.3. The quantitative estimate of drug-likeness (QED) is 0.697. The minimum Gasteiger partial charge on any atom is -0.480 e. The molecule has 0 radical (unpaired) electrons. The fourth-order valence-electron chi connectivity index (χ4n) is 1.32. The fraction of sp³-hybridized carbons (Fsp3) is 0.364. The number of carbonyl (C=O) groups is 2. The van der Waals surface area contributed by atoms with Gasteiger partial charge in [-0.25, -0.2) is 9.78 Å². The molecule has 0 spiro atoms. The number of carboxylic acid groups (broad SMARTS) is 1. The summed E-state index contributed by atoms with van der Waals surface area (Å²) in [6.07, 6.45) is 2.41. The molecule has 1 amide bonds. The number of rotatable bonds is 5. The topological polar surface area (TPSA) is 105 Å². The summed E-state index contributed by atoms with van der Waals surface area (Å²) in [5.74, 6) is -1.55. The molecule has 1 atom stereocenters. The molecule has 1 rings (SSSR count). The summed E-state index contributed by atoms with van der Waals surface area (Å²) >= 11 is 0. The average Bonchev–Trinajstić information content (AvgIpc) is 2.29. The molecule has 1 heterocycles. The first kappa shape index (κ1) is 13.0. The summed E-state index contributed by atoms with van der Waals surface area (Å²) in [5.41, 5.74) is 6.04. The maximum absolute atomic E-state index is 11.7. The molecule has 0 saturated carbocycles. The van der Waals surface area contributed by atoms with Gasteiger partial charge in [-0.1, -0.05) is 13.3 Å². The van der Waals surface area contributed by atoms with Gasteiger partial charge >= 0.3 is 5.97 Å². The van der Waals surface area contributed by atoms with Gasteiger partial charge in [0, 0.05) is 0 Å². The van der Waals surface area contributed by atoms with E-state index in [9.17, 15) is 9.59 Å². The van der Waals surface area contributed by atoms with E-state index in [-0.39, 0.29) is 5.69 Å². The molecular weight excluding hydrogens is 222 g/mol. The number of aliphatic carboxylic acids is 1. The van der Waals surface area contributed by atoms with Crippen LogP contribution in [0.4, 0.5) is 5.69 Å². The molecule has 0 bridgehead atoms. The number of pyridine rings is 1. The lowest BCUT2D eigenvalue weighted by molar-refractivity contribution is -0.139. The van der Waals surface area contributed by atoms with Gasteiger partial charge in [-0.05, 0) is 18.6 Å². The highest BCUT2D eigenvalue weighted by atomic mass is 16.4. The van der Waals surface area contributed by atoms with Crippen LogP contribution in [0.1, 0.15) is 30.3 Å². The van der Waals surface area contributed by atoms with E-state index in [4.69, 9.17) is 10.8 Å². The second-order valence-corrected chi connectivity index (χ2v) is 3.63. The number of hydrogen-bond acceptors (Lipinski definition) is 4. The highest BCUT2D eigenvalue weighted by molar-refractivity contribution is 5.95. The van der Waals surface area contributed by atoms with Crippen molar-refractivity contribution in [2.45, 2.75) is 25.8 Å². The Morgan fingerprint density at radius 1 is 1.53 bits per heavy atom. The van der Waals surface area contributed by atoms with Crippen LogP contribution in [0, 0.1) is 0 Å². The lowest BCUT2D eigenvalue weighted by Crippen LogP contribution is -2.40. The van der Waals surface area contributed by atoms with Crippen LogP contribution >= 0.6 is 0 Å². The van der Waals surface area contributed by atoms with Crippen LogP contribution in [0.3, 0.4) is 0 Å². The number of carboxylic acids is 1. The molecule has 0 aromatic carbocycles. The Labute approximate surface area is 98.8 Å². The maximum atomic E-state index is 11.7. The molecule has 0 aliphatic heterocycles. The zero-order valence-electron chi connectivity index (χ0n) is 9.51. The standard InChI is InChI=1S/C11H15N3O3/c1-2-3-9(11(16)17)14-10(15)8-5-4-7(12)6-13-8/h4-6,9H,2-3,12H2,1H3,(H,14,15)(H,16,17)/t9-/m1/s1. The van der Waals surface area contributed by atoms with E-state index in [1.807, 2.05) is 6.92 Å². The number of aromatic nitrogens is 1. The van der Waals surface area contributed by atoms with Crippen LogP contribution < -0.4 is 11.1 Å². The van der Waals surface area contributed by atoms with Gasteiger partial charge in [0.1, 0.15) is 11.7 Å². The van der Waals surface area contributed by atoms with Gasteiger partial charge in [0.25, 0.3) is 5.91 Å². The van der Waals surface area contributed by atoms with Crippen molar-refractivity contribution in [2.24, 2.45) is 0 Å². The SMILES string of the molecule is CCC[C@@H](NC(=O)c1ccc(N)cn1)C(=O)O. The molecule has 6 heteroatoms. The summed E-state index contributed by atoms with van der Waals surface area (Å²) in [6, 6.07) is 2.11. The van der Waals surface area contributed by atoms with E-state index in [2.05, 4.69) is 10.3 Å². The summed E-state index contributed by atoms with van der Waals surface area (Å²) in [7, 11) is 0. The van der Waals surface area contributed by atoms with Crippen molar-refractivity contribution in [1.82, 2.24) is 10.3 Å². The molecule has 0 unspecified atom stereocenters. The summed E-state index contributed by atoms with van der Waals surface area (Å²) < 4.78 is 0. The predicted octanol–water partition coefficient (Wildman–Crippen LogP) is 0.647. The Bertz CT molecular complexity index is 403. The largest absolute Gasteiger partial charge is 0.480 e. The van der Waals surface area contributed by atoms with Gasteiger partial charge in [-0.15, -0.1) is 0 Å². The van der Waals surface area contributed by atoms with Crippen LogP contribution in [-0.2, 0) is 4.79 Å². The van der Waals surface area contributed by atoms with E-state index >= 15 is 0 Å². The molecule has 1 aromatic heterocycles. The van der Waals surface area contributed by atoms with E-state index in [0.29, 0.717) is 18.5 Å². The molecule has 0 fully saturated rings. The number of amides is 1. The van der Waals surface area contributed by atoms with Crippen molar-refractivity contribution >= 4 is 17.6 Å². The number of hydrogen-bond donors (Lipinski definition) is 3. The van der Waals surface area contributed by atoms with Crippen molar-refractivity contribution in [3.8, 4) is 0 Å². The molecule has 0 aliphatic carbocycles. The Morgan fingerprint density at radius 3 is 2.71 bits per heavy atom. The van der Waals surface area contributed by atoms with Crippen molar-refractivity contribution in [1.29, 1.82) is 0 Å². The van der Waals surface area contributed by atoms with Gasteiger partial charge in [0.05, 0.1) is 11.9 Å². The summed E-state index contributed by atoms with van der Waals surface area (Å²) in [6.45, 7) is 1.85. The number of nitrogen functional groups attached to an aromatic ring is 1. The maximum Gasteiger partial charge on any atom is 0.326 e. The second kappa shape index (κ2) is 5.83. The van der Waals surface area contributed by atoms with E-state index in [1.165, 1.54) is 18.3 Å². The summed E-state index contributed by atoms with van der Waals surface area (Å²) in [4.78, 5) is 26.3. The highest BCUT2D eigenvalue weighted by Crippen LogP contribution is 2.03. The third-order valence-corrected chi connectivity index (χ3v) is 2.20. The number of nitrogens with zero attached hydrogens (tertiary/aromatic N) is 1. The lowest BCUT2D eigenvalue weighted by Gasteiger charge is -2.12. The average molecular weight is 237 g/mol. The van der Waals surface area contributed by atoms with E-state index in [0.717, 1.165) is 0 Å². The molecule has 6 nitrogen and oxygen atoms in total. The number of nitrogens with one attached hydrogen (secondary N) is 1. The first-order valence-electron chi connectivity index (χ1n) is 5.29. The van der Waals surface area contributed by atoms with Gasteiger partial charge in [0.2, 0.25) is 0 Å². The van der Waals surface area contributed by atoms with Crippen LogP contribution in [0.5, 0.6) is 0 Å². The van der Waals surface area contributed by atoms with Gasteiger partial charge in [-0.2, -0.15) is 0 Å². The van der Waals surface area contributed by atoms with E-state index < -0.39 is 17.9 Å². The zero-order valence-corrected chi connectivity index (χ0v) is 9.51. The molecular formula is C11H15N3O3. The first-order valence-corrected chi connectivity index (χ1v) is 5.29. The number of nitrogens with two attached hydrogens (primary N) is 1. The smallest absolute Gasteiger partial charge is 0.326 e. The van der Waals surface area contributed by atoms with Crippen LogP contribution in [-0.4, -0.2) is 28.0 Å². The third kappa shape index (κ3) is 3.75. The Hall–Kier alpha value is -2.11. The van der Waals surface area contributed by atoms with Gasteiger partial charge in [-0.3, -0.25) is 4.79 Å². The minimum absolute atomic E-state index is 0.154.